The van der Waals surface area contributed by atoms with E-state index in [-0.39, 0.29) is 10.6 Å². The lowest BCUT2D eigenvalue weighted by molar-refractivity contribution is 0.102. The molecule has 1 aliphatic rings. The smallest absolute Gasteiger partial charge is 0.276 e. The highest BCUT2D eigenvalue weighted by atomic mass is 32.2. The molecule has 0 aliphatic carbocycles. The fraction of sp³-hybridized carbons (Fsp3) is 0.304. The molecule has 0 atom stereocenters. The predicted octanol–water partition coefficient (Wildman–Crippen LogP) is 4.14. The van der Waals surface area contributed by atoms with Crippen LogP contribution < -0.4 is 5.32 Å². The van der Waals surface area contributed by atoms with E-state index < -0.39 is 21.7 Å². The molecule has 3 aromatic rings. The van der Waals surface area contributed by atoms with Gasteiger partial charge in [-0.05, 0) is 61.7 Å². The van der Waals surface area contributed by atoms with E-state index in [0.29, 0.717) is 30.0 Å². The van der Waals surface area contributed by atoms with Crippen LogP contribution in [-0.2, 0) is 10.0 Å². The van der Waals surface area contributed by atoms with E-state index >= 15 is 0 Å². The van der Waals surface area contributed by atoms with Crippen molar-refractivity contribution in [3.05, 3.63) is 71.8 Å². The van der Waals surface area contributed by atoms with Gasteiger partial charge in [-0.3, -0.25) is 4.79 Å². The molecule has 2 heterocycles. The van der Waals surface area contributed by atoms with Crippen LogP contribution in [0.2, 0.25) is 0 Å². The molecule has 4 rings (SSSR count). The van der Waals surface area contributed by atoms with Gasteiger partial charge in [-0.15, -0.1) is 0 Å². The number of hydrogen-bond acceptors (Lipinski definition) is 4. The fourth-order valence-electron chi connectivity index (χ4n) is 3.78. The molecule has 32 heavy (non-hydrogen) atoms. The first-order valence-corrected chi connectivity index (χ1v) is 12.0. The van der Waals surface area contributed by atoms with Gasteiger partial charge in [-0.2, -0.15) is 9.40 Å². The predicted molar refractivity (Wildman–Crippen MR) is 120 cm³/mol. The Balaban J connectivity index is 1.55. The summed E-state index contributed by atoms with van der Waals surface area (Å²) in [5.74, 6) is -0.885. The molecule has 1 fully saturated rings. The number of hydrogen-bond donors (Lipinski definition) is 1. The van der Waals surface area contributed by atoms with Gasteiger partial charge in [0, 0.05) is 25.0 Å². The summed E-state index contributed by atoms with van der Waals surface area (Å²) in [7, 11) is -3.65. The van der Waals surface area contributed by atoms with Gasteiger partial charge in [-0.1, -0.05) is 25.0 Å². The number of carbonyl (C=O) groups is 1. The molecule has 0 saturated carbocycles. The van der Waals surface area contributed by atoms with Gasteiger partial charge in [-0.25, -0.2) is 17.5 Å². The zero-order chi connectivity index (χ0) is 22.7. The van der Waals surface area contributed by atoms with Crippen LogP contribution >= 0.6 is 0 Å². The Bertz CT molecular complexity index is 1230. The van der Waals surface area contributed by atoms with Crippen molar-refractivity contribution in [3.8, 4) is 5.69 Å². The van der Waals surface area contributed by atoms with E-state index in [0.717, 1.165) is 25.7 Å². The van der Waals surface area contributed by atoms with Gasteiger partial charge in [0.05, 0.1) is 10.6 Å². The molecular weight excluding hydrogens is 431 g/mol. The lowest BCUT2D eigenvalue weighted by Crippen LogP contribution is -2.32. The molecule has 168 valence electrons. The fourth-order valence-corrected chi connectivity index (χ4v) is 5.55. The zero-order valence-electron chi connectivity index (χ0n) is 17.8. The molecule has 0 radical (unpaired) electrons. The summed E-state index contributed by atoms with van der Waals surface area (Å²) in [5.41, 5.74) is 1.62. The Morgan fingerprint density at radius 2 is 1.78 bits per heavy atom. The minimum atomic E-state index is -3.65. The minimum Gasteiger partial charge on any atom is -0.321 e. The van der Waals surface area contributed by atoms with Crippen LogP contribution in [0, 0.1) is 12.7 Å². The number of nitrogens with one attached hydrogen (secondary N) is 1. The monoisotopic (exact) mass is 456 g/mol. The lowest BCUT2D eigenvalue weighted by atomic mass is 10.2. The third-order valence-electron chi connectivity index (χ3n) is 5.52. The molecule has 0 spiro atoms. The normalized spacial score (nSPS) is 15.3. The topological polar surface area (TPSA) is 84.3 Å². The highest BCUT2D eigenvalue weighted by Gasteiger charge is 2.27. The van der Waals surface area contributed by atoms with Crippen LogP contribution in [0.3, 0.4) is 0 Å². The van der Waals surface area contributed by atoms with Crippen molar-refractivity contribution in [2.75, 3.05) is 18.4 Å². The number of aryl methyl sites for hydroxylation is 1. The average molecular weight is 457 g/mol. The average Bonchev–Trinajstić information content (AvgIpc) is 3.10. The van der Waals surface area contributed by atoms with Crippen molar-refractivity contribution in [3.63, 3.8) is 0 Å². The molecule has 1 saturated heterocycles. The van der Waals surface area contributed by atoms with E-state index in [9.17, 15) is 17.6 Å². The maximum Gasteiger partial charge on any atom is 0.276 e. The van der Waals surface area contributed by atoms with Crippen LogP contribution in [0.1, 0.15) is 41.7 Å². The van der Waals surface area contributed by atoms with Crippen molar-refractivity contribution >= 4 is 21.6 Å². The van der Waals surface area contributed by atoms with Gasteiger partial charge in [0.1, 0.15) is 5.82 Å². The lowest BCUT2D eigenvalue weighted by Gasteiger charge is -2.21. The number of aromatic nitrogens is 2. The first-order chi connectivity index (χ1) is 15.3. The quantitative estimate of drug-likeness (QED) is 0.626. The molecule has 1 aliphatic heterocycles. The SMILES string of the molecule is Cc1ccc(NC(=O)c2ccn(-c3cccc(F)c3)n2)cc1S(=O)(=O)N1CCCCCC1. The Morgan fingerprint density at radius 3 is 2.50 bits per heavy atom. The summed E-state index contributed by atoms with van der Waals surface area (Å²) in [4.78, 5) is 12.9. The first-order valence-electron chi connectivity index (χ1n) is 10.6. The molecule has 0 unspecified atom stereocenters. The second kappa shape index (κ2) is 9.22. The maximum atomic E-state index is 13.5. The van der Waals surface area contributed by atoms with Crippen LogP contribution in [0.15, 0.2) is 59.6 Å². The van der Waals surface area contributed by atoms with Crippen molar-refractivity contribution in [2.24, 2.45) is 0 Å². The van der Waals surface area contributed by atoms with E-state index in [2.05, 4.69) is 10.4 Å². The number of halogens is 1. The Hall–Kier alpha value is -3.04. The molecule has 1 aromatic heterocycles. The summed E-state index contributed by atoms with van der Waals surface area (Å²) in [6, 6.07) is 12.2. The number of amides is 1. The summed E-state index contributed by atoms with van der Waals surface area (Å²) in [6.45, 7) is 2.77. The highest BCUT2D eigenvalue weighted by molar-refractivity contribution is 7.89. The second-order valence-electron chi connectivity index (χ2n) is 7.88. The number of rotatable bonds is 5. The summed E-state index contributed by atoms with van der Waals surface area (Å²) in [6.07, 6.45) is 5.33. The van der Waals surface area contributed by atoms with Gasteiger partial charge >= 0.3 is 0 Å². The molecule has 7 nitrogen and oxygen atoms in total. The van der Waals surface area contributed by atoms with Gasteiger partial charge < -0.3 is 5.32 Å². The Morgan fingerprint density at radius 1 is 1.03 bits per heavy atom. The highest BCUT2D eigenvalue weighted by Crippen LogP contribution is 2.26. The van der Waals surface area contributed by atoms with E-state index in [1.54, 1.807) is 37.4 Å². The number of carbonyl (C=O) groups excluding carboxylic acids is 1. The second-order valence-corrected chi connectivity index (χ2v) is 9.78. The minimum absolute atomic E-state index is 0.131. The van der Waals surface area contributed by atoms with Gasteiger partial charge in [0.2, 0.25) is 10.0 Å². The Labute approximate surface area is 186 Å². The number of nitrogens with zero attached hydrogens (tertiary/aromatic N) is 3. The molecule has 0 bridgehead atoms. The van der Waals surface area contributed by atoms with Crippen LogP contribution in [-0.4, -0.2) is 41.5 Å². The maximum absolute atomic E-state index is 13.5. The third-order valence-corrected chi connectivity index (χ3v) is 7.56. The van der Waals surface area contributed by atoms with E-state index in [1.165, 1.54) is 33.3 Å². The summed E-state index contributed by atoms with van der Waals surface area (Å²) < 4.78 is 42.8. The largest absolute Gasteiger partial charge is 0.321 e. The van der Waals surface area contributed by atoms with Gasteiger partial charge in [0.25, 0.3) is 5.91 Å². The van der Waals surface area contributed by atoms with E-state index in [1.807, 2.05) is 0 Å². The molecule has 1 amide bonds. The zero-order valence-corrected chi connectivity index (χ0v) is 18.6. The molecule has 9 heteroatoms. The number of benzene rings is 2. The van der Waals surface area contributed by atoms with Crippen molar-refractivity contribution in [1.29, 1.82) is 0 Å². The van der Waals surface area contributed by atoms with Crippen molar-refractivity contribution < 1.29 is 17.6 Å². The van der Waals surface area contributed by atoms with Crippen LogP contribution in [0.5, 0.6) is 0 Å². The van der Waals surface area contributed by atoms with Crippen LogP contribution in [0.4, 0.5) is 10.1 Å². The van der Waals surface area contributed by atoms with Crippen molar-refractivity contribution in [1.82, 2.24) is 14.1 Å². The molecular formula is C23H25FN4O3S. The number of sulfonamides is 1. The first kappa shape index (κ1) is 22.2. The van der Waals surface area contributed by atoms with E-state index in [4.69, 9.17) is 0 Å². The third kappa shape index (κ3) is 4.73. The Kier molecular flexibility index (Phi) is 6.38. The number of anilines is 1. The summed E-state index contributed by atoms with van der Waals surface area (Å²) in [5, 5.41) is 6.92. The summed E-state index contributed by atoms with van der Waals surface area (Å²) >= 11 is 0. The van der Waals surface area contributed by atoms with Gasteiger partial charge in [0.15, 0.2) is 5.69 Å². The van der Waals surface area contributed by atoms with Crippen molar-refractivity contribution in [2.45, 2.75) is 37.5 Å². The van der Waals surface area contributed by atoms with Crippen LogP contribution in [0.25, 0.3) is 5.69 Å². The molecule has 1 N–H and O–H groups in total. The standard InChI is InChI=1S/C23H25FN4O3S/c1-17-9-10-19(16-22(17)32(30,31)27-12-4-2-3-5-13-27)25-23(29)21-11-14-28(26-21)20-8-6-7-18(24)15-20/h6-11,14-16H,2-5,12-13H2,1H3,(H,25,29). The molecule has 2 aromatic carbocycles.